The van der Waals surface area contributed by atoms with E-state index in [1.807, 2.05) is 19.1 Å². The van der Waals surface area contributed by atoms with Gasteiger partial charge in [0.1, 0.15) is 0 Å². The molecular formula is C8H8N4. The van der Waals surface area contributed by atoms with Crippen LogP contribution in [0.3, 0.4) is 0 Å². The maximum absolute atomic E-state index is 4.15. The van der Waals surface area contributed by atoms with Gasteiger partial charge in [0.25, 0.3) is 0 Å². The third-order valence-electron chi connectivity index (χ3n) is 1.58. The Morgan fingerprint density at radius 1 is 1.33 bits per heavy atom. The van der Waals surface area contributed by atoms with E-state index < -0.39 is 0 Å². The molecule has 0 amide bonds. The summed E-state index contributed by atoms with van der Waals surface area (Å²) in [5.74, 6) is 0. The van der Waals surface area contributed by atoms with Crippen LogP contribution in [-0.2, 0) is 0 Å². The molecule has 4 nitrogen and oxygen atoms in total. The quantitative estimate of drug-likeness (QED) is 0.624. The molecule has 0 fully saturated rings. The fraction of sp³-hybridized carbons (Fsp3) is 0.125. The van der Waals surface area contributed by atoms with Gasteiger partial charge in [-0.1, -0.05) is 5.21 Å². The number of rotatable bonds is 1. The van der Waals surface area contributed by atoms with Gasteiger partial charge < -0.3 is 0 Å². The molecule has 0 aromatic carbocycles. The topological polar surface area (TPSA) is 43.6 Å². The predicted octanol–water partition coefficient (Wildman–Crippen LogP) is 0.971. The lowest BCUT2D eigenvalue weighted by Crippen LogP contribution is -1.95. The van der Waals surface area contributed by atoms with Crippen molar-refractivity contribution in [1.82, 2.24) is 20.0 Å². The van der Waals surface area contributed by atoms with E-state index in [0.717, 1.165) is 11.4 Å². The van der Waals surface area contributed by atoms with Gasteiger partial charge in [0.05, 0.1) is 24.3 Å². The summed E-state index contributed by atoms with van der Waals surface area (Å²) in [5.41, 5.74) is 1.93. The minimum Gasteiger partial charge on any atom is -0.259 e. The molecule has 12 heavy (non-hydrogen) atoms. The van der Waals surface area contributed by atoms with E-state index in [1.54, 1.807) is 23.3 Å². The molecule has 4 heteroatoms. The van der Waals surface area contributed by atoms with Gasteiger partial charge in [-0.2, -0.15) is 0 Å². The maximum atomic E-state index is 4.15. The fourth-order valence-electron chi connectivity index (χ4n) is 0.941. The maximum Gasteiger partial charge on any atom is 0.0846 e. The van der Waals surface area contributed by atoms with Gasteiger partial charge >= 0.3 is 0 Å². The smallest absolute Gasteiger partial charge is 0.0846 e. The third-order valence-corrected chi connectivity index (χ3v) is 1.58. The van der Waals surface area contributed by atoms with Crippen LogP contribution in [-0.4, -0.2) is 20.0 Å². The zero-order valence-electron chi connectivity index (χ0n) is 6.68. The van der Waals surface area contributed by atoms with Crippen LogP contribution in [0.15, 0.2) is 30.7 Å². The highest BCUT2D eigenvalue weighted by molar-refractivity contribution is 5.27. The summed E-state index contributed by atoms with van der Waals surface area (Å²) in [6.45, 7) is 1.95. The van der Waals surface area contributed by atoms with Gasteiger partial charge in [0.2, 0.25) is 0 Å². The molecule has 0 bridgehead atoms. The van der Waals surface area contributed by atoms with Crippen LogP contribution in [0.4, 0.5) is 0 Å². The third kappa shape index (κ3) is 1.18. The summed E-state index contributed by atoms with van der Waals surface area (Å²) in [5, 5.41) is 7.55. The number of aromatic nitrogens is 4. The first kappa shape index (κ1) is 6.97. The summed E-state index contributed by atoms with van der Waals surface area (Å²) >= 11 is 0. The standard InChI is InChI=1S/C8H8N4/c1-7-2-3-8(6-9-7)12-5-4-10-11-12/h2-6H,1H3. The average Bonchev–Trinajstić information content (AvgIpc) is 2.58. The molecule has 0 saturated carbocycles. The highest BCUT2D eigenvalue weighted by Gasteiger charge is 1.94. The first-order chi connectivity index (χ1) is 5.86. The molecule has 0 aliphatic heterocycles. The Bertz CT molecular complexity index is 349. The lowest BCUT2D eigenvalue weighted by molar-refractivity contribution is 0.798. The number of pyridine rings is 1. The zero-order chi connectivity index (χ0) is 8.39. The van der Waals surface area contributed by atoms with Crippen molar-refractivity contribution in [2.45, 2.75) is 6.92 Å². The summed E-state index contributed by atoms with van der Waals surface area (Å²) in [6.07, 6.45) is 5.19. The Labute approximate surface area is 69.9 Å². The van der Waals surface area contributed by atoms with Gasteiger partial charge in [-0.05, 0) is 19.1 Å². The highest BCUT2D eigenvalue weighted by Crippen LogP contribution is 2.03. The molecule has 0 spiro atoms. The van der Waals surface area contributed by atoms with Gasteiger partial charge in [-0.15, -0.1) is 5.10 Å². The number of aryl methyl sites for hydroxylation is 1. The molecule has 60 valence electrons. The van der Waals surface area contributed by atoms with Crippen LogP contribution >= 0.6 is 0 Å². The largest absolute Gasteiger partial charge is 0.259 e. The molecule has 0 unspecified atom stereocenters. The molecule has 0 atom stereocenters. The van der Waals surface area contributed by atoms with Gasteiger partial charge in [0.15, 0.2) is 0 Å². The normalized spacial score (nSPS) is 10.1. The average molecular weight is 160 g/mol. The summed E-state index contributed by atoms with van der Waals surface area (Å²) in [6, 6.07) is 3.90. The first-order valence-corrected chi connectivity index (χ1v) is 3.65. The highest BCUT2D eigenvalue weighted by atomic mass is 15.4. The molecule has 2 aromatic heterocycles. The van der Waals surface area contributed by atoms with E-state index in [4.69, 9.17) is 0 Å². The van der Waals surface area contributed by atoms with Crippen molar-refractivity contribution in [2.24, 2.45) is 0 Å². The van der Waals surface area contributed by atoms with E-state index in [0.29, 0.717) is 0 Å². The van der Waals surface area contributed by atoms with Crippen LogP contribution < -0.4 is 0 Å². The van der Waals surface area contributed by atoms with Crippen LogP contribution in [0.1, 0.15) is 5.69 Å². The molecule has 0 saturated heterocycles. The summed E-state index contributed by atoms with van der Waals surface area (Å²) in [4.78, 5) is 4.15. The zero-order valence-corrected chi connectivity index (χ0v) is 6.68. The van der Waals surface area contributed by atoms with E-state index in [-0.39, 0.29) is 0 Å². The second-order valence-electron chi connectivity index (χ2n) is 2.51. The monoisotopic (exact) mass is 160 g/mol. The molecular weight excluding hydrogens is 152 g/mol. The number of hydrogen-bond acceptors (Lipinski definition) is 3. The fourth-order valence-corrected chi connectivity index (χ4v) is 0.941. The predicted molar refractivity (Wildman–Crippen MR) is 43.9 cm³/mol. The lowest BCUT2D eigenvalue weighted by Gasteiger charge is -1.98. The van der Waals surface area contributed by atoms with E-state index in [1.165, 1.54) is 0 Å². The SMILES string of the molecule is Cc1ccc(-n2ccnn2)cn1. The van der Waals surface area contributed by atoms with Gasteiger partial charge in [0, 0.05) is 5.69 Å². The van der Waals surface area contributed by atoms with E-state index >= 15 is 0 Å². The molecule has 0 N–H and O–H groups in total. The van der Waals surface area contributed by atoms with Gasteiger partial charge in [-0.3, -0.25) is 4.98 Å². The van der Waals surface area contributed by atoms with Crippen molar-refractivity contribution in [1.29, 1.82) is 0 Å². The Kier molecular flexibility index (Phi) is 1.59. The van der Waals surface area contributed by atoms with Crippen molar-refractivity contribution in [3.8, 4) is 5.69 Å². The second kappa shape index (κ2) is 2.73. The van der Waals surface area contributed by atoms with E-state index in [2.05, 4.69) is 15.3 Å². The van der Waals surface area contributed by atoms with Crippen molar-refractivity contribution >= 4 is 0 Å². The molecule has 0 aliphatic rings. The number of hydrogen-bond donors (Lipinski definition) is 0. The number of nitrogens with zero attached hydrogens (tertiary/aromatic N) is 4. The summed E-state index contributed by atoms with van der Waals surface area (Å²) in [7, 11) is 0. The second-order valence-corrected chi connectivity index (χ2v) is 2.51. The minimum atomic E-state index is 0.929. The molecule has 0 aliphatic carbocycles. The summed E-state index contributed by atoms with van der Waals surface area (Å²) < 4.78 is 1.67. The van der Waals surface area contributed by atoms with Crippen LogP contribution in [0.25, 0.3) is 5.69 Å². The van der Waals surface area contributed by atoms with Gasteiger partial charge in [-0.25, -0.2) is 4.68 Å². The van der Waals surface area contributed by atoms with Crippen molar-refractivity contribution in [3.63, 3.8) is 0 Å². The van der Waals surface area contributed by atoms with Crippen LogP contribution in [0.5, 0.6) is 0 Å². The van der Waals surface area contributed by atoms with Crippen LogP contribution in [0, 0.1) is 6.92 Å². The van der Waals surface area contributed by atoms with E-state index in [9.17, 15) is 0 Å². The van der Waals surface area contributed by atoms with Crippen molar-refractivity contribution in [3.05, 3.63) is 36.4 Å². The minimum absolute atomic E-state index is 0.929. The Morgan fingerprint density at radius 3 is 2.83 bits per heavy atom. The van der Waals surface area contributed by atoms with Crippen LogP contribution in [0.2, 0.25) is 0 Å². The Morgan fingerprint density at radius 2 is 2.25 bits per heavy atom. The Balaban J connectivity index is 2.43. The molecule has 2 aromatic rings. The molecule has 2 rings (SSSR count). The Hall–Kier alpha value is -1.71. The first-order valence-electron chi connectivity index (χ1n) is 3.65. The lowest BCUT2D eigenvalue weighted by atomic mass is 10.3. The molecule has 0 radical (unpaired) electrons. The van der Waals surface area contributed by atoms with Crippen molar-refractivity contribution < 1.29 is 0 Å². The molecule has 2 heterocycles. The van der Waals surface area contributed by atoms with Crippen molar-refractivity contribution in [2.75, 3.05) is 0 Å².